The van der Waals surface area contributed by atoms with Crippen LogP contribution in [0.25, 0.3) is 5.78 Å². The second-order valence-corrected chi connectivity index (χ2v) is 5.26. The maximum absolute atomic E-state index is 4.46. The van der Waals surface area contributed by atoms with E-state index >= 15 is 0 Å². The van der Waals surface area contributed by atoms with E-state index in [-0.39, 0.29) is 0 Å². The van der Waals surface area contributed by atoms with Gasteiger partial charge in [0.25, 0.3) is 5.78 Å². The summed E-state index contributed by atoms with van der Waals surface area (Å²) in [7, 11) is 0. The molecule has 3 heterocycles. The average molecular weight is 274 g/mol. The van der Waals surface area contributed by atoms with Gasteiger partial charge in [-0.05, 0) is 32.4 Å². The fraction of sp³-hybridized carbons (Fsp3) is 0.643. The summed E-state index contributed by atoms with van der Waals surface area (Å²) in [5, 5.41) is 7.78. The normalized spacial score (nSPS) is 19.8. The molecule has 1 N–H and O–H groups in total. The molecule has 0 saturated carbocycles. The van der Waals surface area contributed by atoms with E-state index in [1.54, 1.807) is 10.8 Å². The summed E-state index contributed by atoms with van der Waals surface area (Å²) < 4.78 is 1.78. The topological polar surface area (TPSA) is 58.4 Å². The van der Waals surface area contributed by atoms with Gasteiger partial charge in [0, 0.05) is 24.3 Å². The molecular formula is C14H22N6. The summed E-state index contributed by atoms with van der Waals surface area (Å²) in [5.74, 6) is 1.66. The monoisotopic (exact) mass is 274 g/mol. The van der Waals surface area contributed by atoms with Crippen molar-refractivity contribution in [2.75, 3.05) is 25.0 Å². The van der Waals surface area contributed by atoms with Crippen LogP contribution in [0.15, 0.2) is 12.4 Å². The van der Waals surface area contributed by atoms with E-state index in [0.29, 0.717) is 11.8 Å². The van der Waals surface area contributed by atoms with Crippen molar-refractivity contribution in [3.05, 3.63) is 18.1 Å². The van der Waals surface area contributed by atoms with Crippen molar-refractivity contribution >= 4 is 11.6 Å². The zero-order valence-corrected chi connectivity index (χ0v) is 12.2. The molecule has 2 aromatic heterocycles. The molecule has 1 atom stereocenters. The highest BCUT2D eigenvalue weighted by atomic mass is 15.4. The predicted octanol–water partition coefficient (Wildman–Crippen LogP) is 1.58. The van der Waals surface area contributed by atoms with E-state index in [0.717, 1.165) is 31.0 Å². The van der Waals surface area contributed by atoms with Gasteiger partial charge in [-0.2, -0.15) is 14.6 Å². The maximum atomic E-state index is 4.46. The van der Waals surface area contributed by atoms with Crippen molar-refractivity contribution in [3.63, 3.8) is 0 Å². The number of aromatic nitrogens is 4. The van der Waals surface area contributed by atoms with Gasteiger partial charge < -0.3 is 5.32 Å². The molecule has 1 aliphatic rings. The van der Waals surface area contributed by atoms with Gasteiger partial charge in [0.05, 0.1) is 0 Å². The van der Waals surface area contributed by atoms with Gasteiger partial charge in [-0.3, -0.25) is 4.90 Å². The minimum atomic E-state index is 0.622. The Morgan fingerprint density at radius 3 is 3.10 bits per heavy atom. The molecule has 1 aliphatic heterocycles. The van der Waals surface area contributed by atoms with Crippen LogP contribution in [0.3, 0.4) is 0 Å². The third-order valence-corrected chi connectivity index (χ3v) is 4.09. The fourth-order valence-electron chi connectivity index (χ4n) is 2.93. The molecule has 6 heteroatoms. The van der Waals surface area contributed by atoms with Crippen LogP contribution >= 0.6 is 0 Å². The van der Waals surface area contributed by atoms with Gasteiger partial charge in [-0.1, -0.05) is 13.8 Å². The number of likely N-dealkylation sites (N-methyl/N-ethyl adjacent to an activating group) is 1. The Morgan fingerprint density at radius 1 is 1.40 bits per heavy atom. The van der Waals surface area contributed by atoms with Gasteiger partial charge in [-0.25, -0.2) is 4.98 Å². The summed E-state index contributed by atoms with van der Waals surface area (Å²) in [4.78, 5) is 11.2. The molecule has 0 aliphatic carbocycles. The lowest BCUT2D eigenvalue weighted by atomic mass is 10.2. The number of likely N-dealkylation sites (tertiary alicyclic amines) is 1. The molecule has 1 saturated heterocycles. The Labute approximate surface area is 119 Å². The minimum absolute atomic E-state index is 0.622. The van der Waals surface area contributed by atoms with E-state index in [1.807, 2.05) is 0 Å². The van der Waals surface area contributed by atoms with Crippen molar-refractivity contribution in [3.8, 4) is 0 Å². The predicted molar refractivity (Wildman–Crippen MR) is 78.9 cm³/mol. The number of hydrogen-bond donors (Lipinski definition) is 1. The quantitative estimate of drug-likeness (QED) is 0.897. The lowest BCUT2D eigenvalue weighted by Gasteiger charge is -2.23. The first-order chi connectivity index (χ1) is 9.81. The van der Waals surface area contributed by atoms with Crippen LogP contribution in [0.1, 0.15) is 32.4 Å². The van der Waals surface area contributed by atoms with Crippen LogP contribution in [0, 0.1) is 0 Å². The second-order valence-electron chi connectivity index (χ2n) is 5.26. The first-order valence-electron chi connectivity index (χ1n) is 7.49. The van der Waals surface area contributed by atoms with Crippen LogP contribution in [0.5, 0.6) is 0 Å². The Morgan fingerprint density at radius 2 is 2.30 bits per heavy atom. The lowest BCUT2D eigenvalue weighted by Crippen LogP contribution is -2.35. The van der Waals surface area contributed by atoms with E-state index < -0.39 is 0 Å². The molecule has 3 rings (SSSR count). The summed E-state index contributed by atoms with van der Waals surface area (Å²) in [6.07, 6.45) is 5.03. The Bertz CT molecular complexity index is 578. The standard InChI is InChI=1S/C14H22N6/c1-3-11-8-13(20-14(18-11)16-10-17-20)15-9-12-6-5-7-19(12)4-2/h8,10,12,15H,3-7,9H2,1-2H3. The van der Waals surface area contributed by atoms with E-state index in [9.17, 15) is 0 Å². The summed E-state index contributed by atoms with van der Waals surface area (Å²) >= 11 is 0. The van der Waals surface area contributed by atoms with E-state index in [2.05, 4.69) is 45.2 Å². The molecule has 0 spiro atoms. The van der Waals surface area contributed by atoms with Crippen molar-refractivity contribution in [2.24, 2.45) is 0 Å². The molecule has 108 valence electrons. The SMILES string of the molecule is CCc1cc(NCC2CCCN2CC)n2ncnc2n1. The maximum Gasteiger partial charge on any atom is 0.254 e. The number of hydrogen-bond acceptors (Lipinski definition) is 5. The molecule has 20 heavy (non-hydrogen) atoms. The minimum Gasteiger partial charge on any atom is -0.368 e. The van der Waals surface area contributed by atoms with Crippen LogP contribution in [0.4, 0.5) is 5.82 Å². The van der Waals surface area contributed by atoms with Crippen molar-refractivity contribution < 1.29 is 0 Å². The summed E-state index contributed by atoms with van der Waals surface area (Å²) in [6.45, 7) is 7.64. The summed E-state index contributed by atoms with van der Waals surface area (Å²) in [5.41, 5.74) is 1.05. The lowest BCUT2D eigenvalue weighted by molar-refractivity contribution is 0.277. The zero-order valence-electron chi connectivity index (χ0n) is 12.2. The van der Waals surface area contributed by atoms with Crippen LogP contribution in [0.2, 0.25) is 0 Å². The highest BCUT2D eigenvalue weighted by Gasteiger charge is 2.22. The van der Waals surface area contributed by atoms with Crippen LogP contribution in [-0.4, -0.2) is 50.2 Å². The van der Waals surface area contributed by atoms with Crippen molar-refractivity contribution in [1.82, 2.24) is 24.5 Å². The van der Waals surface area contributed by atoms with E-state index in [4.69, 9.17) is 0 Å². The number of rotatable bonds is 5. The Balaban J connectivity index is 1.78. The number of nitrogens with zero attached hydrogens (tertiary/aromatic N) is 5. The second kappa shape index (κ2) is 5.75. The largest absolute Gasteiger partial charge is 0.368 e. The van der Waals surface area contributed by atoms with Gasteiger partial charge in [0.1, 0.15) is 12.1 Å². The first kappa shape index (κ1) is 13.3. The number of nitrogens with one attached hydrogen (secondary N) is 1. The van der Waals surface area contributed by atoms with Crippen molar-refractivity contribution in [2.45, 2.75) is 39.2 Å². The third kappa shape index (κ3) is 2.47. The molecule has 0 bridgehead atoms. The Hall–Kier alpha value is -1.69. The summed E-state index contributed by atoms with van der Waals surface area (Å²) in [6, 6.07) is 2.70. The van der Waals surface area contributed by atoms with Gasteiger partial charge in [0.15, 0.2) is 0 Å². The molecule has 0 aromatic carbocycles. The number of fused-ring (bicyclic) bond motifs is 1. The van der Waals surface area contributed by atoms with Gasteiger partial charge in [0.2, 0.25) is 0 Å². The third-order valence-electron chi connectivity index (χ3n) is 4.09. The molecule has 6 nitrogen and oxygen atoms in total. The smallest absolute Gasteiger partial charge is 0.254 e. The fourth-order valence-corrected chi connectivity index (χ4v) is 2.93. The number of anilines is 1. The van der Waals surface area contributed by atoms with Gasteiger partial charge >= 0.3 is 0 Å². The highest BCUT2D eigenvalue weighted by Crippen LogP contribution is 2.18. The highest BCUT2D eigenvalue weighted by molar-refractivity contribution is 5.45. The molecule has 2 aromatic rings. The average Bonchev–Trinajstić information content (AvgIpc) is 3.12. The molecule has 0 amide bonds. The molecule has 1 fully saturated rings. The van der Waals surface area contributed by atoms with Crippen molar-refractivity contribution in [1.29, 1.82) is 0 Å². The first-order valence-corrected chi connectivity index (χ1v) is 7.49. The molecule has 0 radical (unpaired) electrons. The molecular weight excluding hydrogens is 252 g/mol. The van der Waals surface area contributed by atoms with E-state index in [1.165, 1.54) is 19.4 Å². The van der Waals surface area contributed by atoms with Crippen LogP contribution in [-0.2, 0) is 6.42 Å². The number of aryl methyl sites for hydroxylation is 1. The zero-order chi connectivity index (χ0) is 13.9. The molecule has 1 unspecified atom stereocenters. The van der Waals surface area contributed by atoms with Crippen LogP contribution < -0.4 is 5.32 Å². The van der Waals surface area contributed by atoms with Gasteiger partial charge in [-0.15, -0.1) is 0 Å². The Kier molecular flexibility index (Phi) is 3.82.